The highest BCUT2D eigenvalue weighted by Gasteiger charge is 2.16. The lowest BCUT2D eigenvalue weighted by molar-refractivity contribution is 0.340. The standard InChI is InChI=1S/C21H25N5O/c1-4-26(17-8-6-7-15(3)13-17)21-19(22)20(23-14-24-21)25-16-9-11-18(12-10-16)27-5-2/h6-14H,4-5,22H2,1-3H3,(H,23,24,25). The van der Waals surface area contributed by atoms with Gasteiger partial charge in [-0.15, -0.1) is 0 Å². The van der Waals surface area contributed by atoms with Gasteiger partial charge in [-0.2, -0.15) is 0 Å². The van der Waals surface area contributed by atoms with Gasteiger partial charge in [-0.1, -0.05) is 12.1 Å². The number of anilines is 5. The van der Waals surface area contributed by atoms with Crippen LogP contribution in [0.4, 0.5) is 28.7 Å². The van der Waals surface area contributed by atoms with E-state index in [0.29, 0.717) is 23.9 Å². The number of hydrogen-bond acceptors (Lipinski definition) is 6. The van der Waals surface area contributed by atoms with Gasteiger partial charge in [0, 0.05) is 17.9 Å². The summed E-state index contributed by atoms with van der Waals surface area (Å²) in [5.74, 6) is 2.10. The largest absolute Gasteiger partial charge is 0.494 e. The summed E-state index contributed by atoms with van der Waals surface area (Å²) in [6.07, 6.45) is 1.53. The molecule has 3 rings (SSSR count). The average Bonchev–Trinajstić information content (AvgIpc) is 2.67. The van der Waals surface area contributed by atoms with Crippen molar-refractivity contribution < 1.29 is 4.74 Å². The number of nitrogens with two attached hydrogens (primary N) is 1. The molecule has 0 radical (unpaired) electrons. The molecule has 6 nitrogen and oxygen atoms in total. The molecule has 2 aromatic carbocycles. The number of aryl methyl sites for hydroxylation is 1. The normalized spacial score (nSPS) is 10.5. The second-order valence-corrected chi connectivity index (χ2v) is 6.13. The van der Waals surface area contributed by atoms with Gasteiger partial charge in [0.25, 0.3) is 0 Å². The number of nitrogens with zero attached hydrogens (tertiary/aromatic N) is 3. The van der Waals surface area contributed by atoms with Crippen molar-refractivity contribution in [2.75, 3.05) is 29.1 Å². The van der Waals surface area contributed by atoms with E-state index in [1.165, 1.54) is 11.9 Å². The van der Waals surface area contributed by atoms with Crippen LogP contribution in [0.3, 0.4) is 0 Å². The Morgan fingerprint density at radius 1 is 1.07 bits per heavy atom. The first-order valence-electron chi connectivity index (χ1n) is 9.07. The fraction of sp³-hybridized carbons (Fsp3) is 0.238. The molecule has 1 aromatic heterocycles. The van der Waals surface area contributed by atoms with Gasteiger partial charge in [-0.3, -0.25) is 0 Å². The molecule has 0 aliphatic carbocycles. The summed E-state index contributed by atoms with van der Waals surface area (Å²) in [5, 5.41) is 3.27. The summed E-state index contributed by atoms with van der Waals surface area (Å²) in [6, 6.07) is 16.0. The highest BCUT2D eigenvalue weighted by Crippen LogP contribution is 2.33. The molecule has 0 atom stereocenters. The Kier molecular flexibility index (Phi) is 5.76. The minimum Gasteiger partial charge on any atom is -0.494 e. The van der Waals surface area contributed by atoms with Crippen molar-refractivity contribution in [1.82, 2.24) is 9.97 Å². The van der Waals surface area contributed by atoms with Gasteiger partial charge in [0.05, 0.1) is 6.61 Å². The predicted molar refractivity (Wildman–Crippen MR) is 111 cm³/mol. The van der Waals surface area contributed by atoms with Gasteiger partial charge in [0.1, 0.15) is 17.8 Å². The molecular formula is C21H25N5O. The zero-order chi connectivity index (χ0) is 19.2. The highest BCUT2D eigenvalue weighted by molar-refractivity contribution is 5.81. The number of benzene rings is 2. The van der Waals surface area contributed by atoms with E-state index in [1.54, 1.807) is 0 Å². The van der Waals surface area contributed by atoms with E-state index in [1.807, 2.05) is 37.3 Å². The Labute approximate surface area is 160 Å². The summed E-state index contributed by atoms with van der Waals surface area (Å²) in [7, 11) is 0. The lowest BCUT2D eigenvalue weighted by Crippen LogP contribution is -2.20. The van der Waals surface area contributed by atoms with Crippen molar-refractivity contribution in [3.63, 3.8) is 0 Å². The zero-order valence-electron chi connectivity index (χ0n) is 15.9. The van der Waals surface area contributed by atoms with Crippen LogP contribution in [-0.4, -0.2) is 23.1 Å². The van der Waals surface area contributed by atoms with E-state index < -0.39 is 0 Å². The highest BCUT2D eigenvalue weighted by atomic mass is 16.5. The molecule has 0 aliphatic heterocycles. The Hall–Kier alpha value is -3.28. The number of ether oxygens (including phenoxy) is 1. The summed E-state index contributed by atoms with van der Waals surface area (Å²) >= 11 is 0. The third kappa shape index (κ3) is 4.28. The predicted octanol–water partition coefficient (Wildman–Crippen LogP) is 4.67. The summed E-state index contributed by atoms with van der Waals surface area (Å²) in [6.45, 7) is 7.49. The summed E-state index contributed by atoms with van der Waals surface area (Å²) in [4.78, 5) is 10.8. The van der Waals surface area contributed by atoms with E-state index in [4.69, 9.17) is 10.5 Å². The SMILES string of the molecule is CCOc1ccc(Nc2ncnc(N(CC)c3cccc(C)c3)c2N)cc1. The molecular weight excluding hydrogens is 338 g/mol. The second-order valence-electron chi connectivity index (χ2n) is 6.13. The van der Waals surface area contributed by atoms with Crippen molar-refractivity contribution in [2.45, 2.75) is 20.8 Å². The molecule has 0 saturated heterocycles. The molecule has 0 amide bonds. The number of nitrogen functional groups attached to an aromatic ring is 1. The van der Waals surface area contributed by atoms with Gasteiger partial charge in [-0.05, 0) is 62.7 Å². The molecule has 140 valence electrons. The maximum atomic E-state index is 6.41. The van der Waals surface area contributed by atoms with Gasteiger partial charge in [0.15, 0.2) is 11.6 Å². The van der Waals surface area contributed by atoms with Crippen molar-refractivity contribution >= 4 is 28.7 Å². The van der Waals surface area contributed by atoms with Crippen molar-refractivity contribution in [3.05, 3.63) is 60.4 Å². The van der Waals surface area contributed by atoms with Crippen LogP contribution in [0.2, 0.25) is 0 Å². The van der Waals surface area contributed by atoms with Crippen molar-refractivity contribution in [1.29, 1.82) is 0 Å². The van der Waals surface area contributed by atoms with Crippen LogP contribution in [0.1, 0.15) is 19.4 Å². The van der Waals surface area contributed by atoms with E-state index in [0.717, 1.165) is 23.7 Å². The van der Waals surface area contributed by atoms with Crippen LogP contribution in [0.25, 0.3) is 0 Å². The first-order chi connectivity index (χ1) is 13.1. The van der Waals surface area contributed by atoms with E-state index in [2.05, 4.69) is 52.2 Å². The molecule has 3 aromatic rings. The maximum absolute atomic E-state index is 6.41. The van der Waals surface area contributed by atoms with Gasteiger partial charge < -0.3 is 20.7 Å². The number of rotatable bonds is 7. The lowest BCUT2D eigenvalue weighted by Gasteiger charge is -2.24. The van der Waals surface area contributed by atoms with Gasteiger partial charge in [-0.25, -0.2) is 9.97 Å². The number of hydrogen-bond donors (Lipinski definition) is 2. The molecule has 0 spiro atoms. The molecule has 0 aliphatic rings. The summed E-state index contributed by atoms with van der Waals surface area (Å²) < 4.78 is 5.47. The molecule has 0 bridgehead atoms. The Balaban J connectivity index is 1.88. The molecule has 1 heterocycles. The van der Waals surface area contributed by atoms with Crippen LogP contribution in [0, 0.1) is 6.92 Å². The molecule has 6 heteroatoms. The first-order valence-corrected chi connectivity index (χ1v) is 9.07. The smallest absolute Gasteiger partial charge is 0.161 e. The van der Waals surface area contributed by atoms with Gasteiger partial charge >= 0.3 is 0 Å². The van der Waals surface area contributed by atoms with Crippen LogP contribution in [0.15, 0.2) is 54.9 Å². The third-order valence-corrected chi connectivity index (χ3v) is 4.18. The van der Waals surface area contributed by atoms with E-state index in [9.17, 15) is 0 Å². The lowest BCUT2D eigenvalue weighted by atomic mass is 10.2. The number of nitrogens with one attached hydrogen (secondary N) is 1. The molecule has 0 unspecified atom stereocenters. The van der Waals surface area contributed by atoms with Crippen LogP contribution in [0.5, 0.6) is 5.75 Å². The Morgan fingerprint density at radius 2 is 1.85 bits per heavy atom. The van der Waals surface area contributed by atoms with Gasteiger partial charge in [0.2, 0.25) is 0 Å². The third-order valence-electron chi connectivity index (χ3n) is 4.18. The Morgan fingerprint density at radius 3 is 2.52 bits per heavy atom. The minimum atomic E-state index is 0.509. The maximum Gasteiger partial charge on any atom is 0.161 e. The Bertz CT molecular complexity index is 895. The van der Waals surface area contributed by atoms with Crippen molar-refractivity contribution in [2.24, 2.45) is 0 Å². The fourth-order valence-corrected chi connectivity index (χ4v) is 2.89. The van der Waals surface area contributed by atoms with Crippen molar-refractivity contribution in [3.8, 4) is 5.75 Å². The second kappa shape index (κ2) is 8.40. The quantitative estimate of drug-likeness (QED) is 0.635. The molecule has 3 N–H and O–H groups in total. The van der Waals surface area contributed by atoms with Crippen LogP contribution in [-0.2, 0) is 0 Å². The van der Waals surface area contributed by atoms with Crippen LogP contribution >= 0.6 is 0 Å². The zero-order valence-corrected chi connectivity index (χ0v) is 15.9. The number of aromatic nitrogens is 2. The monoisotopic (exact) mass is 363 g/mol. The molecule has 0 fully saturated rings. The van der Waals surface area contributed by atoms with Crippen LogP contribution < -0.4 is 20.7 Å². The fourth-order valence-electron chi connectivity index (χ4n) is 2.89. The first kappa shape index (κ1) is 18.5. The molecule has 27 heavy (non-hydrogen) atoms. The topological polar surface area (TPSA) is 76.3 Å². The average molecular weight is 363 g/mol. The summed E-state index contributed by atoms with van der Waals surface area (Å²) in [5.41, 5.74) is 10.0. The van der Waals surface area contributed by atoms with E-state index in [-0.39, 0.29) is 0 Å². The molecule has 0 saturated carbocycles. The van der Waals surface area contributed by atoms with E-state index >= 15 is 0 Å². The minimum absolute atomic E-state index is 0.509.